The van der Waals surface area contributed by atoms with Crippen molar-refractivity contribution in [2.75, 3.05) is 0 Å². The van der Waals surface area contributed by atoms with Crippen molar-refractivity contribution in [2.45, 2.75) is 12.8 Å². The highest BCUT2D eigenvalue weighted by atomic mass is 127. The Hall–Kier alpha value is -3.30. The van der Waals surface area contributed by atoms with Crippen LogP contribution in [-0.2, 0) is 12.8 Å². The number of hydrogen-bond acceptors (Lipinski definition) is 0. The minimum atomic E-state index is 0.889. The highest BCUT2D eigenvalue weighted by Gasteiger charge is 2.24. The van der Waals surface area contributed by atoms with Crippen LogP contribution >= 0.6 is 77.0 Å². The maximum absolute atomic E-state index is 3.69. The molecule has 0 aliphatic heterocycles. The molecule has 0 saturated heterocycles. The molecule has 0 atom stereocenters. The number of benzene rings is 8. The zero-order valence-corrected chi connectivity index (χ0v) is 34.4. The fraction of sp³-hybridized carbons (Fsp3) is 0.0435. The third kappa shape index (κ3) is 6.38. The number of halogens is 4. The summed E-state index contributed by atoms with van der Waals surface area (Å²) in [6, 6.07) is 57.4. The second kappa shape index (κ2) is 14.7. The molecule has 8 aromatic carbocycles. The molecule has 0 aromatic heterocycles. The van der Waals surface area contributed by atoms with Gasteiger partial charge in [-0.05, 0) is 148 Å². The molecule has 242 valence electrons. The lowest BCUT2D eigenvalue weighted by Gasteiger charge is -2.23. The molecule has 0 N–H and O–H groups in total. The van der Waals surface area contributed by atoms with E-state index in [4.69, 9.17) is 0 Å². The topological polar surface area (TPSA) is 0 Å². The Morgan fingerprint density at radius 2 is 0.600 bits per heavy atom. The van der Waals surface area contributed by atoms with E-state index in [1.807, 2.05) is 0 Å². The van der Waals surface area contributed by atoms with E-state index in [1.54, 1.807) is 0 Å². The van der Waals surface area contributed by atoms with Gasteiger partial charge in [0.2, 0.25) is 0 Å². The van der Waals surface area contributed by atoms with Crippen LogP contribution in [0.4, 0.5) is 0 Å². The van der Waals surface area contributed by atoms with Crippen LogP contribution < -0.4 is 0 Å². The van der Waals surface area contributed by atoms with E-state index in [9.17, 15) is 0 Å². The second-order valence-electron chi connectivity index (χ2n) is 12.4. The van der Waals surface area contributed by atoms with Gasteiger partial charge in [0.05, 0.1) is 0 Å². The van der Waals surface area contributed by atoms with Gasteiger partial charge in [0, 0.05) is 27.2 Å². The molecular formula is C46H30Br2I2. The normalized spacial score (nSPS) is 11.4. The Morgan fingerprint density at radius 3 is 0.940 bits per heavy atom. The lowest BCUT2D eigenvalue weighted by Crippen LogP contribution is -2.05. The van der Waals surface area contributed by atoms with E-state index < -0.39 is 0 Å². The largest absolute Gasteiger partial charge is 0.0622 e. The molecule has 0 spiro atoms. The van der Waals surface area contributed by atoms with Crippen molar-refractivity contribution in [3.63, 3.8) is 0 Å². The Morgan fingerprint density at radius 1 is 0.320 bits per heavy atom. The molecule has 0 fully saturated rings. The van der Waals surface area contributed by atoms with Gasteiger partial charge in [0.25, 0.3) is 0 Å². The molecule has 0 saturated carbocycles. The summed E-state index contributed by atoms with van der Waals surface area (Å²) in [5, 5.41) is 5.14. The lowest BCUT2D eigenvalue weighted by molar-refractivity contribution is 0.956. The van der Waals surface area contributed by atoms with Gasteiger partial charge in [-0.2, -0.15) is 0 Å². The number of rotatable bonds is 7. The molecular weight excluding hydrogens is 966 g/mol. The minimum absolute atomic E-state index is 0.889. The highest BCUT2D eigenvalue weighted by molar-refractivity contribution is 14.1. The van der Waals surface area contributed by atoms with E-state index in [1.165, 1.54) is 84.3 Å². The Balaban J connectivity index is 1.40. The minimum Gasteiger partial charge on any atom is -0.0622 e. The van der Waals surface area contributed by atoms with E-state index in [-0.39, 0.29) is 0 Å². The molecule has 0 unspecified atom stereocenters. The van der Waals surface area contributed by atoms with Gasteiger partial charge < -0.3 is 0 Å². The fourth-order valence-electron chi connectivity index (χ4n) is 7.31. The van der Waals surface area contributed by atoms with Crippen LogP contribution in [0.1, 0.15) is 11.1 Å². The quantitative estimate of drug-likeness (QED) is 0.140. The average Bonchev–Trinajstić information content (AvgIpc) is 3.15. The van der Waals surface area contributed by atoms with Gasteiger partial charge in [-0.3, -0.25) is 0 Å². The van der Waals surface area contributed by atoms with Gasteiger partial charge in [-0.15, -0.1) is 0 Å². The number of hydrogen-bond donors (Lipinski definition) is 0. The molecule has 0 aliphatic carbocycles. The van der Waals surface area contributed by atoms with Crippen LogP contribution in [0.3, 0.4) is 0 Å². The predicted octanol–water partition coefficient (Wildman–Crippen LogP) is 15.2. The predicted molar refractivity (Wildman–Crippen MR) is 238 cm³/mol. The summed E-state index contributed by atoms with van der Waals surface area (Å²) in [5.74, 6) is 0. The third-order valence-electron chi connectivity index (χ3n) is 9.52. The van der Waals surface area contributed by atoms with E-state index in [0.717, 1.165) is 21.8 Å². The summed E-state index contributed by atoms with van der Waals surface area (Å²) in [6.07, 6.45) is 1.78. The van der Waals surface area contributed by atoms with E-state index >= 15 is 0 Å². The van der Waals surface area contributed by atoms with Gasteiger partial charge >= 0.3 is 0 Å². The molecule has 8 aromatic rings. The molecule has 0 bridgehead atoms. The first-order valence-electron chi connectivity index (χ1n) is 16.6. The maximum Gasteiger partial charge on any atom is 0.0253 e. The zero-order chi connectivity index (χ0) is 34.2. The average molecular weight is 996 g/mol. The first kappa shape index (κ1) is 33.8. The SMILES string of the molecule is Brc1ccc(-c2c(CCc3c(I)c(-c4ccccc4)c4ccccc4c3-c3ccc(Br)cc3)c(I)c(-c3ccccc3)c3ccccc23)cc1. The van der Waals surface area contributed by atoms with Crippen LogP contribution in [0, 0.1) is 7.14 Å². The van der Waals surface area contributed by atoms with Crippen molar-refractivity contribution in [3.8, 4) is 44.5 Å². The van der Waals surface area contributed by atoms with Crippen LogP contribution in [0.15, 0.2) is 167 Å². The third-order valence-corrected chi connectivity index (χ3v) is 13.0. The molecule has 0 nitrogen and oxygen atoms in total. The summed E-state index contributed by atoms with van der Waals surface area (Å²) < 4.78 is 4.80. The lowest BCUT2D eigenvalue weighted by atomic mass is 9.83. The van der Waals surface area contributed by atoms with Crippen molar-refractivity contribution >= 4 is 98.6 Å². The summed E-state index contributed by atoms with van der Waals surface area (Å²) in [5.41, 5.74) is 13.0. The van der Waals surface area contributed by atoms with Crippen molar-refractivity contribution in [2.24, 2.45) is 0 Å². The molecule has 50 heavy (non-hydrogen) atoms. The van der Waals surface area contributed by atoms with E-state index in [2.05, 4.69) is 235 Å². The molecule has 4 heteroatoms. The highest BCUT2D eigenvalue weighted by Crippen LogP contribution is 2.46. The van der Waals surface area contributed by atoms with Crippen LogP contribution in [0.25, 0.3) is 66.1 Å². The van der Waals surface area contributed by atoms with Crippen molar-refractivity contribution < 1.29 is 0 Å². The zero-order valence-electron chi connectivity index (χ0n) is 26.9. The summed E-state index contributed by atoms with van der Waals surface area (Å²) >= 11 is 12.7. The summed E-state index contributed by atoms with van der Waals surface area (Å²) in [6.45, 7) is 0. The monoisotopic (exact) mass is 994 g/mol. The standard InChI is InChI=1S/C46H30Br2I2/c47-33-23-19-31(20-24-33)41-35-15-7-9-17-37(35)43(29-11-3-1-4-12-29)45(49)39(41)27-28-40-42(32-21-25-34(48)26-22-32)36-16-8-10-18-38(36)44(46(40)50)30-13-5-2-6-14-30/h1-26H,27-28H2. The molecule has 0 aliphatic rings. The molecule has 0 heterocycles. The fourth-order valence-corrected chi connectivity index (χ4v) is 10.1. The summed E-state index contributed by atoms with van der Waals surface area (Å²) in [4.78, 5) is 0. The van der Waals surface area contributed by atoms with Gasteiger partial charge in [-0.1, -0.05) is 165 Å². The summed E-state index contributed by atoms with van der Waals surface area (Å²) in [7, 11) is 0. The Bertz CT molecular complexity index is 2310. The Labute approximate surface area is 337 Å². The van der Waals surface area contributed by atoms with Gasteiger partial charge in [0.1, 0.15) is 0 Å². The molecule has 8 rings (SSSR count). The van der Waals surface area contributed by atoms with Crippen molar-refractivity contribution in [1.29, 1.82) is 0 Å². The first-order valence-corrected chi connectivity index (χ1v) is 20.3. The van der Waals surface area contributed by atoms with Crippen LogP contribution in [0.5, 0.6) is 0 Å². The van der Waals surface area contributed by atoms with Crippen molar-refractivity contribution in [1.82, 2.24) is 0 Å². The Kier molecular flexibility index (Phi) is 9.97. The molecule has 0 amide bonds. The van der Waals surface area contributed by atoms with Gasteiger partial charge in [-0.25, -0.2) is 0 Å². The molecule has 0 radical (unpaired) electrons. The smallest absolute Gasteiger partial charge is 0.0253 e. The number of fused-ring (bicyclic) bond motifs is 2. The van der Waals surface area contributed by atoms with Crippen LogP contribution in [0.2, 0.25) is 0 Å². The first-order chi connectivity index (χ1) is 24.5. The second-order valence-corrected chi connectivity index (χ2v) is 16.4. The maximum atomic E-state index is 3.69. The van der Waals surface area contributed by atoms with Gasteiger partial charge in [0.15, 0.2) is 0 Å². The van der Waals surface area contributed by atoms with Crippen LogP contribution in [-0.4, -0.2) is 0 Å². The van der Waals surface area contributed by atoms with E-state index in [0.29, 0.717) is 0 Å². The van der Waals surface area contributed by atoms with Crippen molar-refractivity contribution in [3.05, 3.63) is 185 Å².